The molecule has 0 radical (unpaired) electrons. The fourth-order valence-electron chi connectivity index (χ4n) is 1.74. The number of para-hydroxylation sites is 1. The molecule has 0 bridgehead atoms. The molecule has 1 atom stereocenters. The molecule has 0 saturated carbocycles. The Morgan fingerprint density at radius 3 is 2.46 bits per heavy atom. The van der Waals surface area contributed by atoms with Crippen LogP contribution in [0.1, 0.15) is 17.3 Å². The van der Waals surface area contributed by atoms with Gasteiger partial charge in [-0.3, -0.25) is 4.79 Å². The highest BCUT2D eigenvalue weighted by Crippen LogP contribution is 2.30. The first-order valence-electron chi connectivity index (χ1n) is 6.85. The number of hydrogen-bond acceptors (Lipinski definition) is 3. The minimum Gasteiger partial charge on any atom is -0.464 e. The van der Waals surface area contributed by atoms with Crippen molar-refractivity contribution in [2.45, 2.75) is 19.2 Å². The molecular formula is C15H9Cl2F5N2O2. The molecule has 0 aliphatic heterocycles. The number of benzene rings is 1. The van der Waals surface area contributed by atoms with Crippen molar-refractivity contribution in [3.63, 3.8) is 0 Å². The molecule has 11 heteroatoms. The van der Waals surface area contributed by atoms with Gasteiger partial charge in [0.05, 0.1) is 10.7 Å². The van der Waals surface area contributed by atoms with Gasteiger partial charge in [-0.15, -0.1) is 0 Å². The van der Waals surface area contributed by atoms with E-state index in [1.165, 1.54) is 12.1 Å². The summed E-state index contributed by atoms with van der Waals surface area (Å²) < 4.78 is 70.0. The molecule has 1 amide bonds. The van der Waals surface area contributed by atoms with E-state index in [2.05, 4.69) is 9.72 Å². The van der Waals surface area contributed by atoms with Crippen LogP contribution in [0, 0.1) is 11.6 Å². The molecule has 2 aromatic rings. The predicted molar refractivity (Wildman–Crippen MR) is 84.7 cm³/mol. The fourth-order valence-corrected chi connectivity index (χ4v) is 2.08. The molecular weight excluding hydrogens is 406 g/mol. The largest absolute Gasteiger partial charge is 0.464 e. The van der Waals surface area contributed by atoms with Crippen molar-refractivity contribution in [2.24, 2.45) is 0 Å². The van der Waals surface area contributed by atoms with Gasteiger partial charge in [0.1, 0.15) is 11.4 Å². The number of pyridine rings is 1. The van der Waals surface area contributed by atoms with Gasteiger partial charge < -0.3 is 10.1 Å². The molecule has 0 aliphatic carbocycles. The Morgan fingerprint density at radius 2 is 1.88 bits per heavy atom. The Bertz CT molecular complexity index is 825. The predicted octanol–water partition coefficient (Wildman–Crippen LogP) is 5.25. The van der Waals surface area contributed by atoms with E-state index in [0.717, 1.165) is 6.07 Å². The lowest BCUT2D eigenvalue weighted by Crippen LogP contribution is -2.32. The summed E-state index contributed by atoms with van der Waals surface area (Å²) in [5.74, 6) is -4.14. The van der Waals surface area contributed by atoms with Crippen molar-refractivity contribution >= 4 is 34.8 Å². The number of hydrogen-bond donors (Lipinski definition) is 1. The smallest absolute Gasteiger partial charge is 0.425 e. The molecule has 1 N–H and O–H groups in total. The van der Waals surface area contributed by atoms with Gasteiger partial charge in [0.15, 0.2) is 17.1 Å². The van der Waals surface area contributed by atoms with Gasteiger partial charge in [-0.2, -0.15) is 18.2 Å². The number of rotatable bonds is 4. The molecule has 1 aromatic carbocycles. The Labute approximate surface area is 153 Å². The number of aromatic nitrogens is 1. The Hall–Kier alpha value is -2.13. The topological polar surface area (TPSA) is 51.2 Å². The van der Waals surface area contributed by atoms with Crippen LogP contribution in [0.5, 0.6) is 5.88 Å². The van der Waals surface area contributed by atoms with E-state index >= 15 is 0 Å². The Morgan fingerprint density at radius 1 is 1.23 bits per heavy atom. The highest BCUT2D eigenvalue weighted by Gasteiger charge is 2.39. The lowest BCUT2D eigenvalue weighted by atomic mass is 10.2. The summed E-state index contributed by atoms with van der Waals surface area (Å²) in [6, 6.07) is 4.06. The number of amides is 1. The van der Waals surface area contributed by atoms with E-state index in [1.807, 2.05) is 5.32 Å². The van der Waals surface area contributed by atoms with Crippen LogP contribution in [0.15, 0.2) is 24.3 Å². The summed E-state index contributed by atoms with van der Waals surface area (Å²) in [6.45, 7) is 0.661. The quantitative estimate of drug-likeness (QED) is 0.549. The van der Waals surface area contributed by atoms with E-state index in [-0.39, 0.29) is 5.02 Å². The van der Waals surface area contributed by atoms with Crippen LogP contribution < -0.4 is 10.1 Å². The van der Waals surface area contributed by atoms with Gasteiger partial charge in [0.2, 0.25) is 5.88 Å². The van der Waals surface area contributed by atoms with Crippen LogP contribution in [-0.4, -0.2) is 23.2 Å². The first kappa shape index (κ1) is 20.2. The number of alkyl halides is 3. The van der Waals surface area contributed by atoms with E-state index in [0.29, 0.717) is 13.0 Å². The second kappa shape index (κ2) is 7.63. The monoisotopic (exact) mass is 414 g/mol. The van der Waals surface area contributed by atoms with Gasteiger partial charge in [-0.1, -0.05) is 29.3 Å². The normalized spacial score (nSPS) is 12.6. The van der Waals surface area contributed by atoms with Gasteiger partial charge >= 0.3 is 6.18 Å². The van der Waals surface area contributed by atoms with Gasteiger partial charge in [0.25, 0.3) is 5.91 Å². The minimum atomic E-state index is -4.77. The number of carbonyl (C=O) groups is 1. The third-order valence-electron chi connectivity index (χ3n) is 3.09. The molecule has 0 saturated heterocycles. The summed E-state index contributed by atoms with van der Waals surface area (Å²) in [6.07, 6.45) is -7.13. The second-order valence-electron chi connectivity index (χ2n) is 4.97. The number of carbonyl (C=O) groups excluding carboxylic acids is 1. The van der Waals surface area contributed by atoms with Crippen molar-refractivity contribution in [2.75, 3.05) is 5.32 Å². The molecule has 0 fully saturated rings. The third-order valence-corrected chi connectivity index (χ3v) is 3.67. The zero-order chi connectivity index (χ0) is 19.6. The van der Waals surface area contributed by atoms with Crippen LogP contribution >= 0.6 is 23.2 Å². The van der Waals surface area contributed by atoms with Crippen molar-refractivity contribution in [1.82, 2.24) is 4.98 Å². The van der Waals surface area contributed by atoms with Crippen LogP contribution in [0.25, 0.3) is 0 Å². The molecule has 1 unspecified atom stereocenters. The van der Waals surface area contributed by atoms with E-state index < -0.39 is 52.1 Å². The molecule has 2 rings (SSSR count). The zero-order valence-corrected chi connectivity index (χ0v) is 14.3. The van der Waals surface area contributed by atoms with Crippen LogP contribution in [0.4, 0.5) is 27.6 Å². The van der Waals surface area contributed by atoms with Crippen LogP contribution in [-0.2, 0) is 0 Å². The van der Waals surface area contributed by atoms with Gasteiger partial charge in [-0.05, 0) is 25.1 Å². The summed E-state index contributed by atoms with van der Waals surface area (Å²) in [5, 5.41) is 1.07. The number of halogens is 7. The summed E-state index contributed by atoms with van der Waals surface area (Å²) >= 11 is 11.2. The standard InChI is InChI=1S/C15H9Cl2F5N2O2/c1-6(15(20,21)22)26-14-7(5-10(19)12(17)24-14)13(25)23-11-8(16)3-2-4-9(11)18/h2-6H,1H3,(H,23,25). The van der Waals surface area contributed by atoms with Crippen molar-refractivity contribution in [3.8, 4) is 5.88 Å². The molecule has 140 valence electrons. The molecule has 0 spiro atoms. The van der Waals surface area contributed by atoms with Gasteiger partial charge in [-0.25, -0.2) is 8.78 Å². The number of nitrogens with zero attached hydrogens (tertiary/aromatic N) is 1. The average molecular weight is 415 g/mol. The first-order valence-corrected chi connectivity index (χ1v) is 7.61. The maximum atomic E-state index is 13.7. The molecule has 1 aromatic heterocycles. The summed E-state index contributed by atoms with van der Waals surface area (Å²) in [7, 11) is 0. The van der Waals surface area contributed by atoms with Crippen molar-refractivity contribution in [3.05, 3.63) is 51.6 Å². The van der Waals surface area contributed by atoms with E-state index in [1.54, 1.807) is 0 Å². The summed E-state index contributed by atoms with van der Waals surface area (Å²) in [4.78, 5) is 15.6. The van der Waals surface area contributed by atoms with Crippen molar-refractivity contribution < 1.29 is 31.5 Å². The maximum absolute atomic E-state index is 13.7. The Kier molecular flexibility index (Phi) is 5.92. The molecule has 1 heterocycles. The number of anilines is 1. The van der Waals surface area contributed by atoms with E-state index in [9.17, 15) is 26.7 Å². The highest BCUT2D eigenvalue weighted by atomic mass is 35.5. The molecule has 4 nitrogen and oxygen atoms in total. The average Bonchev–Trinajstić information content (AvgIpc) is 2.53. The summed E-state index contributed by atoms with van der Waals surface area (Å²) in [5.41, 5.74) is -1.16. The number of nitrogens with one attached hydrogen (secondary N) is 1. The molecule has 26 heavy (non-hydrogen) atoms. The van der Waals surface area contributed by atoms with Crippen LogP contribution in [0.3, 0.4) is 0 Å². The SMILES string of the molecule is CC(Oc1nc(Cl)c(F)cc1C(=O)Nc1c(F)cccc1Cl)C(F)(F)F. The maximum Gasteiger partial charge on any atom is 0.425 e. The first-order chi connectivity index (χ1) is 12.0. The van der Waals surface area contributed by atoms with Gasteiger partial charge in [0, 0.05) is 0 Å². The van der Waals surface area contributed by atoms with E-state index in [4.69, 9.17) is 23.2 Å². The second-order valence-corrected chi connectivity index (χ2v) is 5.73. The van der Waals surface area contributed by atoms with Crippen molar-refractivity contribution in [1.29, 1.82) is 0 Å². The Balaban J connectivity index is 2.41. The fraction of sp³-hybridized carbons (Fsp3) is 0.200. The lowest BCUT2D eigenvalue weighted by molar-refractivity contribution is -0.190. The third kappa shape index (κ3) is 4.53. The highest BCUT2D eigenvalue weighted by molar-refractivity contribution is 6.34. The van der Waals surface area contributed by atoms with Crippen LogP contribution in [0.2, 0.25) is 10.2 Å². The lowest BCUT2D eigenvalue weighted by Gasteiger charge is -2.19. The zero-order valence-electron chi connectivity index (χ0n) is 12.8. The minimum absolute atomic E-state index is 0.174. The number of ether oxygens (including phenoxy) is 1. The molecule has 0 aliphatic rings.